The minimum Gasteiger partial charge on any atom is -0.296 e. The average Bonchev–Trinajstić information content (AvgIpc) is 3.93. The average molecular weight is 738 g/mol. The topological polar surface area (TPSA) is 66.3 Å². The summed E-state index contributed by atoms with van der Waals surface area (Å²) >= 11 is 0. The fourth-order valence-corrected chi connectivity index (χ4v) is 10.5. The summed E-state index contributed by atoms with van der Waals surface area (Å²) in [6, 6.07) is 52.6. The van der Waals surface area contributed by atoms with Crippen LogP contribution in [0.25, 0.3) is 105 Å². The predicted octanol–water partition coefficient (Wildman–Crippen LogP) is 9.03. The standard InChI is InChI=1S/C50H28BN7/c1-3-12-30(13-4-1)56-40-28-34-35-26-29(38-19-9-10-22-52-38)27-41-45(35)51(36-21-23-53-46(43(34)36)44(40)47-49(56)55-25-24-54-47)37-18-11-17-33-42-32-16-7-8-20-39(32)57(31-14-5-2-6-15-31)50(42)58(41)48(33)37/h1-28H. The molecule has 7 nitrogen and oxygen atoms in total. The third-order valence-corrected chi connectivity index (χ3v) is 12.6. The van der Waals surface area contributed by atoms with Gasteiger partial charge in [0.1, 0.15) is 11.2 Å². The van der Waals surface area contributed by atoms with Crippen LogP contribution in [0.3, 0.4) is 0 Å². The van der Waals surface area contributed by atoms with Crippen LogP contribution in [0.5, 0.6) is 0 Å². The van der Waals surface area contributed by atoms with Gasteiger partial charge in [-0.05, 0) is 88.8 Å². The summed E-state index contributed by atoms with van der Waals surface area (Å²) in [5, 5.41) is 5.93. The molecule has 6 aromatic heterocycles. The van der Waals surface area contributed by atoms with Crippen LogP contribution < -0.4 is 16.4 Å². The number of para-hydroxylation sites is 4. The molecule has 0 saturated heterocycles. The molecule has 0 N–H and O–H groups in total. The van der Waals surface area contributed by atoms with Crippen molar-refractivity contribution in [2.75, 3.05) is 0 Å². The summed E-state index contributed by atoms with van der Waals surface area (Å²) in [6.07, 6.45) is 7.46. The highest BCUT2D eigenvalue weighted by atomic mass is 15.1. The van der Waals surface area contributed by atoms with Gasteiger partial charge in [0.25, 0.3) is 0 Å². The summed E-state index contributed by atoms with van der Waals surface area (Å²) in [6.45, 7) is -0.0292. The van der Waals surface area contributed by atoms with Gasteiger partial charge in [0, 0.05) is 69.0 Å². The Kier molecular flexibility index (Phi) is 5.73. The van der Waals surface area contributed by atoms with Crippen molar-refractivity contribution in [1.29, 1.82) is 0 Å². The summed E-state index contributed by atoms with van der Waals surface area (Å²) < 4.78 is 7.26. The molecule has 0 bridgehead atoms. The molecule has 12 aromatic rings. The lowest BCUT2D eigenvalue weighted by molar-refractivity contribution is 1.07. The second-order valence-corrected chi connectivity index (χ2v) is 15.4. The van der Waals surface area contributed by atoms with Gasteiger partial charge < -0.3 is 0 Å². The second-order valence-electron chi connectivity index (χ2n) is 15.4. The Morgan fingerprint density at radius 3 is 2.05 bits per heavy atom. The zero-order valence-electron chi connectivity index (χ0n) is 30.9. The zero-order valence-corrected chi connectivity index (χ0v) is 30.9. The fourth-order valence-electron chi connectivity index (χ4n) is 10.5. The molecule has 8 heteroatoms. The highest BCUT2D eigenvalue weighted by molar-refractivity contribution is 7.01. The molecule has 14 rings (SSSR count). The number of pyridine rings is 2. The quantitative estimate of drug-likeness (QED) is 0.170. The molecule has 6 aromatic carbocycles. The third-order valence-electron chi connectivity index (χ3n) is 12.6. The number of benzene rings is 6. The molecule has 0 atom stereocenters. The molecule has 0 aliphatic carbocycles. The van der Waals surface area contributed by atoms with Crippen molar-refractivity contribution in [3.63, 3.8) is 0 Å². The van der Waals surface area contributed by atoms with Crippen LogP contribution in [0.4, 0.5) is 0 Å². The van der Waals surface area contributed by atoms with E-state index in [0.717, 1.165) is 66.8 Å². The van der Waals surface area contributed by atoms with Crippen LogP contribution in [0, 0.1) is 0 Å². The monoisotopic (exact) mass is 737 g/mol. The number of rotatable bonds is 3. The van der Waals surface area contributed by atoms with E-state index in [4.69, 9.17) is 19.9 Å². The van der Waals surface area contributed by atoms with Crippen LogP contribution in [0.15, 0.2) is 170 Å². The van der Waals surface area contributed by atoms with E-state index >= 15 is 0 Å². The molecule has 0 fully saturated rings. The molecule has 58 heavy (non-hydrogen) atoms. The van der Waals surface area contributed by atoms with E-state index in [-0.39, 0.29) is 6.71 Å². The van der Waals surface area contributed by atoms with E-state index < -0.39 is 0 Å². The minimum absolute atomic E-state index is 0.0292. The smallest absolute Gasteiger partial charge is 0.248 e. The molecule has 2 aliphatic heterocycles. The molecular weight excluding hydrogens is 709 g/mol. The first-order valence-electron chi connectivity index (χ1n) is 19.7. The normalized spacial score (nSPS) is 12.8. The zero-order chi connectivity index (χ0) is 37.6. The molecule has 0 amide bonds. The lowest BCUT2D eigenvalue weighted by Gasteiger charge is -2.34. The Balaban J connectivity index is 1.21. The molecule has 0 spiro atoms. The third kappa shape index (κ3) is 3.70. The maximum atomic E-state index is 5.23. The maximum Gasteiger partial charge on any atom is 0.248 e. The molecule has 0 unspecified atom stereocenters. The Labute approximate surface area is 331 Å². The van der Waals surface area contributed by atoms with Gasteiger partial charge in [-0.25, -0.2) is 4.98 Å². The van der Waals surface area contributed by atoms with Crippen molar-refractivity contribution in [1.82, 2.24) is 33.6 Å². The Bertz CT molecular complexity index is 3740. The number of aromatic nitrogens is 7. The van der Waals surface area contributed by atoms with Crippen LogP contribution in [0.1, 0.15) is 0 Å². The second kappa shape index (κ2) is 10.9. The Hall–Kier alpha value is -7.84. The number of nitrogens with zero attached hydrogens (tertiary/aromatic N) is 7. The molecule has 266 valence electrons. The molecular formula is C50H28BN7. The van der Waals surface area contributed by atoms with Crippen molar-refractivity contribution >= 4 is 88.9 Å². The SMILES string of the molecule is c1ccc(-n2c3cc4c5c(ccnc5c3c3nccnc32)B2c3c-4cc(-c4ccccn4)cc3-n3c4c2cccc4c2c4ccccc4n(-c4ccccc4)c23)cc1. The van der Waals surface area contributed by atoms with E-state index in [2.05, 4.69) is 153 Å². The van der Waals surface area contributed by atoms with Crippen molar-refractivity contribution in [2.24, 2.45) is 0 Å². The predicted molar refractivity (Wildman–Crippen MR) is 236 cm³/mol. The number of hydrogen-bond acceptors (Lipinski definition) is 4. The molecule has 2 aliphatic rings. The van der Waals surface area contributed by atoms with E-state index in [1.54, 1.807) is 12.4 Å². The van der Waals surface area contributed by atoms with E-state index in [1.807, 2.05) is 18.5 Å². The van der Waals surface area contributed by atoms with Crippen LogP contribution in [-0.4, -0.2) is 40.3 Å². The van der Waals surface area contributed by atoms with Gasteiger partial charge in [0.05, 0.1) is 33.1 Å². The van der Waals surface area contributed by atoms with Crippen molar-refractivity contribution in [3.05, 3.63) is 170 Å². The van der Waals surface area contributed by atoms with E-state index in [1.165, 1.54) is 54.8 Å². The van der Waals surface area contributed by atoms with E-state index in [9.17, 15) is 0 Å². The van der Waals surface area contributed by atoms with Gasteiger partial charge in [-0.1, -0.05) is 84.3 Å². The van der Waals surface area contributed by atoms with Gasteiger partial charge in [-0.15, -0.1) is 0 Å². The molecule has 0 saturated carbocycles. The van der Waals surface area contributed by atoms with Crippen molar-refractivity contribution < 1.29 is 0 Å². The molecule has 0 radical (unpaired) electrons. The first-order chi connectivity index (χ1) is 28.8. The van der Waals surface area contributed by atoms with Crippen molar-refractivity contribution in [3.8, 4) is 39.4 Å². The Morgan fingerprint density at radius 1 is 0.448 bits per heavy atom. The summed E-state index contributed by atoms with van der Waals surface area (Å²) in [7, 11) is 0. The number of fused-ring (bicyclic) bond motifs is 13. The highest BCUT2D eigenvalue weighted by Crippen LogP contribution is 2.46. The van der Waals surface area contributed by atoms with Gasteiger partial charge in [0.2, 0.25) is 6.71 Å². The first kappa shape index (κ1) is 30.4. The van der Waals surface area contributed by atoms with Gasteiger partial charge >= 0.3 is 0 Å². The summed E-state index contributed by atoms with van der Waals surface area (Å²) in [5.74, 6) is 0. The fraction of sp³-hybridized carbons (Fsp3) is 0. The van der Waals surface area contributed by atoms with Crippen LogP contribution in [-0.2, 0) is 0 Å². The molecule has 8 heterocycles. The Morgan fingerprint density at radius 2 is 1.21 bits per heavy atom. The largest absolute Gasteiger partial charge is 0.296 e. The lowest BCUT2D eigenvalue weighted by Crippen LogP contribution is -2.58. The van der Waals surface area contributed by atoms with Gasteiger partial charge in [0.15, 0.2) is 5.65 Å². The van der Waals surface area contributed by atoms with Crippen LogP contribution in [0.2, 0.25) is 0 Å². The van der Waals surface area contributed by atoms with E-state index in [0.29, 0.717) is 0 Å². The summed E-state index contributed by atoms with van der Waals surface area (Å²) in [4.78, 5) is 20.1. The number of hydrogen-bond donors (Lipinski definition) is 0. The highest BCUT2D eigenvalue weighted by Gasteiger charge is 2.42. The summed E-state index contributed by atoms with van der Waals surface area (Å²) in [5.41, 5.74) is 18.7. The van der Waals surface area contributed by atoms with Crippen molar-refractivity contribution in [2.45, 2.75) is 0 Å². The maximum absolute atomic E-state index is 5.23. The van der Waals surface area contributed by atoms with Gasteiger partial charge in [-0.2, -0.15) is 0 Å². The minimum atomic E-state index is -0.0292. The van der Waals surface area contributed by atoms with Crippen LogP contribution >= 0.6 is 0 Å². The first-order valence-corrected chi connectivity index (χ1v) is 19.7. The lowest BCUT2D eigenvalue weighted by atomic mass is 9.32. The van der Waals surface area contributed by atoms with Gasteiger partial charge in [-0.3, -0.25) is 28.7 Å².